The van der Waals surface area contributed by atoms with E-state index in [0.29, 0.717) is 0 Å². The Morgan fingerprint density at radius 2 is 2.00 bits per heavy atom. The van der Waals surface area contributed by atoms with E-state index in [-0.39, 0.29) is 12.1 Å². The minimum atomic E-state index is 0.113. The summed E-state index contributed by atoms with van der Waals surface area (Å²) in [6.45, 7) is 4.82. The second kappa shape index (κ2) is 7.02. The first-order chi connectivity index (χ1) is 11.1. The van der Waals surface area contributed by atoms with E-state index in [9.17, 15) is 0 Å². The quantitative estimate of drug-likeness (QED) is 0.849. The predicted molar refractivity (Wildman–Crippen MR) is 95.5 cm³/mol. The lowest BCUT2D eigenvalue weighted by Crippen LogP contribution is -2.35. The van der Waals surface area contributed by atoms with E-state index < -0.39 is 0 Å². The van der Waals surface area contributed by atoms with Gasteiger partial charge in [0.2, 0.25) is 0 Å². The van der Waals surface area contributed by atoms with E-state index in [2.05, 4.69) is 60.6 Å². The van der Waals surface area contributed by atoms with Crippen LogP contribution in [0.3, 0.4) is 0 Å². The van der Waals surface area contributed by atoms with E-state index >= 15 is 0 Å². The summed E-state index contributed by atoms with van der Waals surface area (Å²) in [6, 6.07) is 16.7. The highest BCUT2D eigenvalue weighted by Gasteiger charge is 2.20. The Kier molecular flexibility index (Phi) is 4.84. The third kappa shape index (κ3) is 3.84. The molecule has 1 saturated heterocycles. The number of ether oxygens (including phenoxy) is 1. The van der Waals surface area contributed by atoms with E-state index in [1.807, 2.05) is 12.1 Å². The number of rotatable bonds is 4. The van der Waals surface area contributed by atoms with Crippen LogP contribution in [0.25, 0.3) is 0 Å². The fourth-order valence-electron chi connectivity index (χ4n) is 2.94. The molecular weight excluding hydrogens is 286 g/mol. The molecule has 2 aromatic carbocycles. The Labute approximate surface area is 138 Å². The van der Waals surface area contributed by atoms with Gasteiger partial charge in [-0.3, -0.25) is 0 Å². The van der Waals surface area contributed by atoms with Crippen LogP contribution < -0.4 is 11.1 Å². The normalized spacial score (nSPS) is 20.2. The molecule has 2 unspecified atom stereocenters. The van der Waals surface area contributed by atoms with Gasteiger partial charge in [-0.2, -0.15) is 0 Å². The van der Waals surface area contributed by atoms with Crippen molar-refractivity contribution < 1.29 is 4.74 Å². The monoisotopic (exact) mass is 311 g/mol. The van der Waals surface area contributed by atoms with Gasteiger partial charge in [-0.15, -0.1) is 0 Å². The van der Waals surface area contributed by atoms with Gasteiger partial charge in [-0.1, -0.05) is 36.4 Å². The van der Waals surface area contributed by atoms with Crippen LogP contribution in [0.15, 0.2) is 48.5 Å². The largest absolute Gasteiger partial charge is 0.397 e. The van der Waals surface area contributed by atoms with Crippen LogP contribution in [-0.4, -0.2) is 31.6 Å². The van der Waals surface area contributed by atoms with Crippen molar-refractivity contribution >= 4 is 11.4 Å². The molecule has 4 heteroatoms. The summed E-state index contributed by atoms with van der Waals surface area (Å²) in [5.74, 6) is 0. The van der Waals surface area contributed by atoms with E-state index in [1.165, 1.54) is 11.1 Å². The topological polar surface area (TPSA) is 50.5 Å². The van der Waals surface area contributed by atoms with Crippen LogP contribution in [0.5, 0.6) is 0 Å². The Balaban J connectivity index is 1.78. The minimum absolute atomic E-state index is 0.113. The lowest BCUT2D eigenvalue weighted by Gasteiger charge is -2.30. The molecule has 0 spiro atoms. The maximum atomic E-state index is 6.16. The Morgan fingerprint density at radius 3 is 2.74 bits per heavy atom. The van der Waals surface area contributed by atoms with E-state index in [1.54, 1.807) is 0 Å². The summed E-state index contributed by atoms with van der Waals surface area (Å²) in [6.07, 6.45) is 0.113. The first-order valence-electron chi connectivity index (χ1n) is 8.14. The fraction of sp³-hybridized carbons (Fsp3) is 0.368. The number of hydrogen-bond acceptors (Lipinski definition) is 4. The third-order valence-electron chi connectivity index (χ3n) is 4.39. The van der Waals surface area contributed by atoms with Gasteiger partial charge in [0.25, 0.3) is 0 Å². The van der Waals surface area contributed by atoms with Crippen molar-refractivity contribution in [3.8, 4) is 0 Å². The van der Waals surface area contributed by atoms with E-state index in [0.717, 1.165) is 31.1 Å². The molecule has 1 fully saturated rings. The van der Waals surface area contributed by atoms with Gasteiger partial charge < -0.3 is 20.7 Å². The number of nitrogen functional groups attached to an aromatic ring is 1. The van der Waals surface area contributed by atoms with Crippen molar-refractivity contribution in [3.63, 3.8) is 0 Å². The molecule has 2 aromatic rings. The Bertz CT molecular complexity index is 644. The average Bonchev–Trinajstić information content (AvgIpc) is 2.57. The van der Waals surface area contributed by atoms with Crippen molar-refractivity contribution in [1.29, 1.82) is 0 Å². The van der Waals surface area contributed by atoms with Crippen LogP contribution >= 0.6 is 0 Å². The van der Waals surface area contributed by atoms with Crippen LogP contribution in [-0.2, 0) is 4.74 Å². The SMILES string of the molecule is CC(Nc1cc(C2CN(C)CCO2)ccc1N)c1ccccc1. The number of hydrogen-bond donors (Lipinski definition) is 2. The van der Waals surface area contributed by atoms with Crippen molar-refractivity contribution in [2.75, 3.05) is 37.8 Å². The second-order valence-electron chi connectivity index (χ2n) is 6.25. The van der Waals surface area contributed by atoms with Crippen molar-refractivity contribution in [1.82, 2.24) is 4.90 Å². The highest BCUT2D eigenvalue weighted by molar-refractivity contribution is 5.68. The summed E-state index contributed by atoms with van der Waals surface area (Å²) in [7, 11) is 2.13. The molecule has 2 atom stereocenters. The number of benzene rings is 2. The average molecular weight is 311 g/mol. The molecule has 122 valence electrons. The molecule has 1 heterocycles. The Morgan fingerprint density at radius 1 is 1.22 bits per heavy atom. The minimum Gasteiger partial charge on any atom is -0.397 e. The molecule has 0 aliphatic carbocycles. The van der Waals surface area contributed by atoms with Crippen LogP contribution in [0, 0.1) is 0 Å². The fourth-order valence-corrected chi connectivity index (χ4v) is 2.94. The molecule has 0 amide bonds. The van der Waals surface area contributed by atoms with Crippen LogP contribution in [0.1, 0.15) is 30.2 Å². The number of morpholine rings is 1. The predicted octanol–water partition coefficient (Wildman–Crippen LogP) is 3.45. The summed E-state index contributed by atoms with van der Waals surface area (Å²) >= 11 is 0. The van der Waals surface area contributed by atoms with Gasteiger partial charge >= 0.3 is 0 Å². The lowest BCUT2D eigenvalue weighted by atomic mass is 10.0. The zero-order chi connectivity index (χ0) is 16.2. The number of nitrogens with two attached hydrogens (primary N) is 1. The lowest BCUT2D eigenvalue weighted by molar-refractivity contribution is -0.0208. The van der Waals surface area contributed by atoms with Crippen LogP contribution in [0.4, 0.5) is 11.4 Å². The molecule has 0 radical (unpaired) electrons. The number of nitrogens with zero attached hydrogens (tertiary/aromatic N) is 1. The molecule has 23 heavy (non-hydrogen) atoms. The number of anilines is 2. The van der Waals surface area contributed by atoms with Gasteiger partial charge in [0.1, 0.15) is 0 Å². The number of likely N-dealkylation sites (N-methyl/N-ethyl adjacent to an activating group) is 1. The highest BCUT2D eigenvalue weighted by atomic mass is 16.5. The molecule has 3 N–H and O–H groups in total. The molecule has 0 bridgehead atoms. The van der Waals surface area contributed by atoms with E-state index in [4.69, 9.17) is 10.5 Å². The zero-order valence-corrected chi connectivity index (χ0v) is 13.8. The standard InChI is InChI=1S/C19H25N3O/c1-14(15-6-4-3-5-7-15)21-18-12-16(8-9-17(18)20)19-13-22(2)10-11-23-19/h3-9,12,14,19,21H,10-11,13,20H2,1-2H3. The molecule has 1 aliphatic heterocycles. The number of nitrogens with one attached hydrogen (secondary N) is 1. The van der Waals surface area contributed by atoms with Crippen molar-refractivity contribution in [3.05, 3.63) is 59.7 Å². The maximum Gasteiger partial charge on any atom is 0.0953 e. The zero-order valence-electron chi connectivity index (χ0n) is 13.8. The van der Waals surface area contributed by atoms with Gasteiger partial charge in [-0.05, 0) is 37.2 Å². The maximum absolute atomic E-state index is 6.16. The van der Waals surface area contributed by atoms with Gasteiger partial charge in [0.05, 0.1) is 24.1 Å². The third-order valence-corrected chi connectivity index (χ3v) is 4.39. The van der Waals surface area contributed by atoms with Gasteiger partial charge in [-0.25, -0.2) is 0 Å². The molecule has 1 aliphatic rings. The second-order valence-corrected chi connectivity index (χ2v) is 6.25. The van der Waals surface area contributed by atoms with Crippen molar-refractivity contribution in [2.45, 2.75) is 19.1 Å². The summed E-state index contributed by atoms with van der Waals surface area (Å²) in [5, 5.41) is 3.52. The summed E-state index contributed by atoms with van der Waals surface area (Å²) in [4.78, 5) is 2.30. The van der Waals surface area contributed by atoms with Gasteiger partial charge in [0.15, 0.2) is 0 Å². The molecular formula is C19H25N3O. The smallest absolute Gasteiger partial charge is 0.0953 e. The first-order valence-corrected chi connectivity index (χ1v) is 8.14. The summed E-state index contributed by atoms with van der Waals surface area (Å²) < 4.78 is 5.91. The highest BCUT2D eigenvalue weighted by Crippen LogP contribution is 2.30. The molecule has 4 nitrogen and oxygen atoms in total. The van der Waals surface area contributed by atoms with Crippen molar-refractivity contribution in [2.24, 2.45) is 0 Å². The van der Waals surface area contributed by atoms with Crippen LogP contribution in [0.2, 0.25) is 0 Å². The molecule has 0 saturated carbocycles. The van der Waals surface area contributed by atoms with Gasteiger partial charge in [0, 0.05) is 19.1 Å². The Hall–Kier alpha value is -2.04. The molecule has 3 rings (SSSR count). The summed E-state index contributed by atoms with van der Waals surface area (Å²) in [5.41, 5.74) is 10.3. The molecule has 0 aromatic heterocycles. The first kappa shape index (κ1) is 15.8.